The van der Waals surface area contributed by atoms with Crippen molar-refractivity contribution < 1.29 is 19.2 Å². The third-order valence-electron chi connectivity index (χ3n) is 1.74. The molecule has 1 rings (SSSR count). The minimum atomic E-state index is 1.11. The molecular formula is C7H12NW. The van der Waals surface area contributed by atoms with Crippen molar-refractivity contribution in [3.63, 3.8) is 0 Å². The van der Waals surface area contributed by atoms with Crippen LogP contribution in [0.2, 0.25) is 0 Å². The van der Waals surface area contributed by atoms with Gasteiger partial charge in [-0.1, -0.05) is 0 Å². The zero-order chi connectivity index (χ0) is 6.53. The van der Waals surface area contributed by atoms with Gasteiger partial charge in [0.15, 0.2) is 0 Å². The Morgan fingerprint density at radius 3 is 2.44 bits per heavy atom. The summed E-state index contributed by atoms with van der Waals surface area (Å²) >= 11 is 1.48. The van der Waals surface area contributed by atoms with Crippen molar-refractivity contribution in [1.82, 2.24) is 4.90 Å². The number of likely N-dealkylation sites (tertiary alicyclic amines) is 1. The third kappa shape index (κ3) is 2.67. The molecule has 0 aliphatic carbocycles. The van der Waals surface area contributed by atoms with Crippen LogP contribution < -0.4 is 0 Å². The third-order valence-corrected chi connectivity index (χ3v) is 2.20. The molecule has 1 heterocycles. The van der Waals surface area contributed by atoms with E-state index in [9.17, 15) is 0 Å². The van der Waals surface area contributed by atoms with Crippen LogP contribution in [0.4, 0.5) is 0 Å². The second-order valence-corrected chi connectivity index (χ2v) is 3.52. The molecule has 0 N–H and O–H groups in total. The van der Waals surface area contributed by atoms with E-state index in [1.54, 1.807) is 0 Å². The van der Waals surface area contributed by atoms with E-state index in [0.717, 1.165) is 6.54 Å². The van der Waals surface area contributed by atoms with Gasteiger partial charge in [-0.25, -0.2) is 0 Å². The predicted octanol–water partition coefficient (Wildman–Crippen LogP) is 0.978. The topological polar surface area (TPSA) is 3.24 Å². The van der Waals surface area contributed by atoms with Crippen molar-refractivity contribution in [3.05, 3.63) is 0 Å². The summed E-state index contributed by atoms with van der Waals surface area (Å²) in [6.07, 6.45) is 4.24. The van der Waals surface area contributed by atoms with Gasteiger partial charge in [0.2, 0.25) is 0 Å². The summed E-state index contributed by atoms with van der Waals surface area (Å²) in [6, 6.07) is 0. The summed E-state index contributed by atoms with van der Waals surface area (Å²) in [6.45, 7) is 3.72. The van der Waals surface area contributed by atoms with Gasteiger partial charge in [-0.15, -0.1) is 0 Å². The maximum atomic E-state index is 3.25. The minimum absolute atomic E-state index is 1.11. The average molecular weight is 294 g/mol. The Hall–Kier alpha value is 0.428. The van der Waals surface area contributed by atoms with E-state index >= 15 is 0 Å². The molecule has 0 amide bonds. The van der Waals surface area contributed by atoms with Crippen molar-refractivity contribution in [2.24, 2.45) is 0 Å². The monoisotopic (exact) mass is 294 g/mol. The quantitative estimate of drug-likeness (QED) is 0.697. The Labute approximate surface area is 67.4 Å². The van der Waals surface area contributed by atoms with Crippen LogP contribution in [-0.4, -0.2) is 24.5 Å². The van der Waals surface area contributed by atoms with Crippen LogP contribution >= 0.6 is 0 Å². The van der Waals surface area contributed by atoms with Crippen molar-refractivity contribution in [1.29, 1.82) is 0 Å². The van der Waals surface area contributed by atoms with Crippen molar-refractivity contribution in [2.45, 2.75) is 19.3 Å². The van der Waals surface area contributed by atoms with Crippen LogP contribution in [0.15, 0.2) is 0 Å². The molecule has 51 valence electrons. The molecule has 2 heteroatoms. The van der Waals surface area contributed by atoms with Gasteiger partial charge in [0.25, 0.3) is 0 Å². The van der Waals surface area contributed by atoms with Crippen LogP contribution in [0.25, 0.3) is 0 Å². The first-order valence-electron chi connectivity index (χ1n) is 3.51. The summed E-state index contributed by atoms with van der Waals surface area (Å²) < 4.78 is 3.25. The fourth-order valence-electron chi connectivity index (χ4n) is 1.21. The Morgan fingerprint density at radius 2 is 1.89 bits per heavy atom. The first kappa shape index (κ1) is 7.53. The molecule has 0 spiro atoms. The fourth-order valence-corrected chi connectivity index (χ4v) is 1.86. The Bertz CT molecular complexity index is 111. The zero-order valence-electron chi connectivity index (χ0n) is 5.60. The molecule has 0 bridgehead atoms. The molecule has 9 heavy (non-hydrogen) atoms. The van der Waals surface area contributed by atoms with Gasteiger partial charge in [-0.2, -0.15) is 0 Å². The van der Waals surface area contributed by atoms with Crippen molar-refractivity contribution in [3.8, 4) is 4.20 Å². The van der Waals surface area contributed by atoms with Gasteiger partial charge in [-0.3, -0.25) is 0 Å². The molecular weight excluding hydrogens is 282 g/mol. The van der Waals surface area contributed by atoms with E-state index in [-0.39, 0.29) is 0 Å². The maximum absolute atomic E-state index is 3.25. The number of nitrogens with zero attached hydrogens (tertiary/aromatic N) is 1. The van der Waals surface area contributed by atoms with E-state index in [0.29, 0.717) is 0 Å². The molecule has 1 aliphatic rings. The molecule has 1 fully saturated rings. The molecule has 0 aromatic heterocycles. The van der Waals surface area contributed by atoms with E-state index in [1.165, 1.54) is 51.5 Å². The predicted molar refractivity (Wildman–Crippen MR) is 34.2 cm³/mol. The molecule has 0 saturated carbocycles. The first-order valence-corrected chi connectivity index (χ1v) is 4.97. The molecule has 0 atom stereocenters. The molecule has 0 unspecified atom stereocenters. The molecule has 0 aromatic rings. The Balaban J connectivity index is 2.17. The summed E-state index contributed by atoms with van der Waals surface area (Å²) in [4.78, 5) is 2.48. The summed E-state index contributed by atoms with van der Waals surface area (Å²) in [5.74, 6) is 0. The van der Waals surface area contributed by atoms with E-state index in [1.807, 2.05) is 0 Å². The molecule has 0 radical (unpaired) electrons. The molecule has 0 aromatic carbocycles. The van der Waals surface area contributed by atoms with Crippen LogP contribution in [0, 0.1) is 4.20 Å². The van der Waals surface area contributed by atoms with E-state index in [2.05, 4.69) is 9.10 Å². The van der Waals surface area contributed by atoms with Crippen molar-refractivity contribution >= 4 is 0 Å². The van der Waals surface area contributed by atoms with E-state index < -0.39 is 0 Å². The average Bonchev–Trinajstić information content (AvgIpc) is 1.91. The number of piperidine rings is 1. The molecule has 1 aliphatic heterocycles. The SMILES string of the molecule is [W]#[C]CN1CCCCC1. The van der Waals surface area contributed by atoms with Crippen LogP contribution in [0.3, 0.4) is 0 Å². The first-order chi connectivity index (χ1) is 4.43. The standard InChI is InChI=1S/C7H12N.W/c1-2-8-6-4-3-5-7-8;/h2-7H2;. The van der Waals surface area contributed by atoms with Gasteiger partial charge in [0.1, 0.15) is 0 Å². The Kier molecular flexibility index (Phi) is 3.58. The van der Waals surface area contributed by atoms with Crippen LogP contribution in [0.5, 0.6) is 0 Å². The van der Waals surface area contributed by atoms with Crippen molar-refractivity contribution in [2.75, 3.05) is 19.6 Å². The Morgan fingerprint density at radius 1 is 1.22 bits per heavy atom. The molecule has 1 nitrogen and oxygen atoms in total. The number of hydrogen-bond acceptors (Lipinski definition) is 1. The van der Waals surface area contributed by atoms with Crippen LogP contribution in [-0.2, 0) is 19.2 Å². The second-order valence-electron chi connectivity index (χ2n) is 2.48. The van der Waals surface area contributed by atoms with Crippen LogP contribution in [0.1, 0.15) is 19.3 Å². The van der Waals surface area contributed by atoms with Gasteiger partial charge < -0.3 is 0 Å². The second kappa shape index (κ2) is 4.28. The van der Waals surface area contributed by atoms with Gasteiger partial charge in [0.05, 0.1) is 0 Å². The molecule has 1 saturated heterocycles. The normalized spacial score (nSPS) is 21.2. The summed E-state index contributed by atoms with van der Waals surface area (Å²) in [5.41, 5.74) is 0. The fraction of sp³-hybridized carbons (Fsp3) is 0.857. The zero-order valence-corrected chi connectivity index (χ0v) is 8.53. The van der Waals surface area contributed by atoms with Gasteiger partial charge in [-0.05, 0) is 0 Å². The van der Waals surface area contributed by atoms with Gasteiger partial charge in [0, 0.05) is 0 Å². The van der Waals surface area contributed by atoms with Gasteiger partial charge >= 0.3 is 67.2 Å². The summed E-state index contributed by atoms with van der Waals surface area (Å²) in [5, 5.41) is 0. The summed E-state index contributed by atoms with van der Waals surface area (Å²) in [7, 11) is 0. The van der Waals surface area contributed by atoms with E-state index in [4.69, 9.17) is 0 Å². The number of hydrogen-bond donors (Lipinski definition) is 0. The number of rotatable bonds is 1.